The molecule has 3 rings (SSSR count). The molecule has 2 aromatic carbocycles. The van der Waals surface area contributed by atoms with Crippen LogP contribution in [0.15, 0.2) is 54.6 Å². The first-order valence-electron chi connectivity index (χ1n) is 13.1. The van der Waals surface area contributed by atoms with Gasteiger partial charge in [0.15, 0.2) is 0 Å². The highest BCUT2D eigenvalue weighted by Gasteiger charge is 2.35. The maximum absolute atomic E-state index is 13.5. The van der Waals surface area contributed by atoms with Crippen LogP contribution in [0.4, 0.5) is 10.5 Å². The van der Waals surface area contributed by atoms with Crippen molar-refractivity contribution in [2.75, 3.05) is 25.0 Å². The van der Waals surface area contributed by atoms with Crippen LogP contribution < -0.4 is 10.6 Å². The molecule has 1 fully saturated rings. The lowest BCUT2D eigenvalue weighted by Gasteiger charge is -2.41. The van der Waals surface area contributed by atoms with Gasteiger partial charge in [0.05, 0.1) is 0 Å². The molecule has 3 atom stereocenters. The number of nitrogens with one attached hydrogen (secondary N) is 2. The fourth-order valence-electron chi connectivity index (χ4n) is 4.48. The minimum atomic E-state index is -0.612. The van der Waals surface area contributed by atoms with Crippen LogP contribution in [0, 0.1) is 5.92 Å². The summed E-state index contributed by atoms with van der Waals surface area (Å²) in [5.41, 5.74) is 2.52. The Labute approximate surface area is 215 Å². The van der Waals surface area contributed by atoms with E-state index in [1.807, 2.05) is 75.4 Å². The van der Waals surface area contributed by atoms with Gasteiger partial charge in [-0.15, -0.1) is 0 Å². The Morgan fingerprint density at radius 3 is 2.31 bits per heavy atom. The van der Waals surface area contributed by atoms with Gasteiger partial charge in [-0.05, 0) is 55.5 Å². The van der Waals surface area contributed by atoms with Crippen LogP contribution in [0.2, 0.25) is 0 Å². The monoisotopic (exact) mass is 492 g/mol. The number of benzene rings is 2. The maximum atomic E-state index is 13.5. The average Bonchev–Trinajstić information content (AvgIpc) is 2.90. The summed E-state index contributed by atoms with van der Waals surface area (Å²) in [4.78, 5) is 42.9. The molecule has 0 bridgehead atoms. The van der Waals surface area contributed by atoms with Crippen LogP contribution >= 0.6 is 0 Å². The predicted molar refractivity (Wildman–Crippen MR) is 144 cm³/mol. The van der Waals surface area contributed by atoms with Crippen LogP contribution in [0.5, 0.6) is 0 Å². The van der Waals surface area contributed by atoms with Crippen LogP contribution in [0.25, 0.3) is 0 Å². The van der Waals surface area contributed by atoms with E-state index in [1.165, 1.54) is 5.56 Å². The Morgan fingerprint density at radius 2 is 1.69 bits per heavy atom. The molecule has 0 aromatic heterocycles. The zero-order valence-corrected chi connectivity index (χ0v) is 22.0. The normalized spacial score (nSPS) is 17.3. The number of anilines is 1. The topological polar surface area (TPSA) is 81.8 Å². The van der Waals surface area contributed by atoms with E-state index in [1.54, 1.807) is 9.80 Å². The van der Waals surface area contributed by atoms with E-state index in [-0.39, 0.29) is 29.8 Å². The largest absolute Gasteiger partial charge is 0.340 e. The molecule has 3 unspecified atom stereocenters. The van der Waals surface area contributed by atoms with E-state index in [0.29, 0.717) is 25.2 Å². The lowest BCUT2D eigenvalue weighted by atomic mass is 9.96. The molecular formula is C29H40N4O3. The van der Waals surface area contributed by atoms with E-state index in [2.05, 4.69) is 17.6 Å². The summed E-state index contributed by atoms with van der Waals surface area (Å²) in [7, 11) is 0. The summed E-state index contributed by atoms with van der Waals surface area (Å²) in [6.45, 7) is 9.41. The van der Waals surface area contributed by atoms with Gasteiger partial charge in [-0.25, -0.2) is 4.79 Å². The Kier molecular flexibility index (Phi) is 9.91. The molecule has 2 aromatic rings. The van der Waals surface area contributed by atoms with Gasteiger partial charge < -0.3 is 20.4 Å². The smallest absolute Gasteiger partial charge is 0.322 e. The second-order valence-electron chi connectivity index (χ2n) is 9.76. The standard InChI is InChI=1S/C29H40N4O3/c1-5-7-11-23-14-16-24(17-15-23)27(34)31-26(21(3)6-2)28(35)32-18-19-33(22(4)20-32)29(36)30-25-12-9-8-10-13-25/h8-10,12-17,21-22,26H,5-7,11,18-20H2,1-4H3,(H,30,36)(H,31,34). The number of aryl methyl sites for hydroxylation is 1. The predicted octanol–water partition coefficient (Wildman–Crippen LogP) is 4.94. The molecular weight excluding hydrogens is 452 g/mol. The number of carbonyl (C=O) groups excluding carboxylic acids is 3. The maximum Gasteiger partial charge on any atom is 0.322 e. The van der Waals surface area contributed by atoms with E-state index in [4.69, 9.17) is 0 Å². The molecule has 0 radical (unpaired) electrons. The van der Waals surface area contributed by atoms with E-state index in [9.17, 15) is 14.4 Å². The molecule has 0 spiro atoms. The molecule has 0 saturated carbocycles. The SMILES string of the molecule is CCCCc1ccc(C(=O)NC(C(=O)N2CCN(C(=O)Nc3ccccc3)C(C)C2)C(C)CC)cc1. The van der Waals surface area contributed by atoms with Crippen molar-refractivity contribution in [3.8, 4) is 0 Å². The van der Waals surface area contributed by atoms with Gasteiger partial charge in [0, 0.05) is 36.9 Å². The Hall–Kier alpha value is -3.35. The summed E-state index contributed by atoms with van der Waals surface area (Å²) in [5.74, 6) is -0.336. The molecule has 7 heteroatoms. The van der Waals surface area contributed by atoms with Crippen LogP contribution in [0.3, 0.4) is 0 Å². The number of urea groups is 1. The van der Waals surface area contributed by atoms with Crippen molar-refractivity contribution in [2.45, 2.75) is 65.5 Å². The van der Waals surface area contributed by atoms with Gasteiger partial charge in [0.2, 0.25) is 5.91 Å². The van der Waals surface area contributed by atoms with E-state index in [0.717, 1.165) is 31.4 Å². The summed E-state index contributed by atoms with van der Waals surface area (Å²) in [6, 6.07) is 16.1. The van der Waals surface area contributed by atoms with Gasteiger partial charge >= 0.3 is 6.03 Å². The van der Waals surface area contributed by atoms with Crippen LogP contribution in [-0.2, 0) is 11.2 Å². The molecule has 1 heterocycles. The first kappa shape index (κ1) is 27.2. The molecule has 194 valence electrons. The number of rotatable bonds is 9. The second kappa shape index (κ2) is 13.1. The van der Waals surface area contributed by atoms with Crippen molar-refractivity contribution >= 4 is 23.5 Å². The number of unbranched alkanes of at least 4 members (excludes halogenated alkanes) is 1. The number of carbonyl (C=O) groups is 3. The second-order valence-corrected chi connectivity index (χ2v) is 9.76. The first-order valence-corrected chi connectivity index (χ1v) is 13.1. The van der Waals surface area contributed by atoms with E-state index < -0.39 is 6.04 Å². The highest BCUT2D eigenvalue weighted by Crippen LogP contribution is 2.18. The molecule has 2 N–H and O–H groups in total. The summed E-state index contributed by atoms with van der Waals surface area (Å²) >= 11 is 0. The van der Waals surface area contributed by atoms with Crippen molar-refractivity contribution in [1.29, 1.82) is 0 Å². The molecule has 4 amide bonds. The number of amides is 4. The lowest BCUT2D eigenvalue weighted by Crippen LogP contribution is -2.60. The fourth-order valence-corrected chi connectivity index (χ4v) is 4.48. The molecule has 1 aliphatic heterocycles. The Bertz CT molecular complexity index is 1010. The zero-order valence-electron chi connectivity index (χ0n) is 22.0. The molecule has 1 saturated heterocycles. The highest BCUT2D eigenvalue weighted by molar-refractivity contribution is 5.97. The average molecular weight is 493 g/mol. The number of para-hydroxylation sites is 1. The first-order chi connectivity index (χ1) is 17.3. The zero-order chi connectivity index (χ0) is 26.1. The van der Waals surface area contributed by atoms with Crippen molar-refractivity contribution in [2.24, 2.45) is 5.92 Å². The third kappa shape index (κ3) is 7.09. The van der Waals surface area contributed by atoms with E-state index >= 15 is 0 Å². The van der Waals surface area contributed by atoms with Gasteiger partial charge in [-0.1, -0.05) is 63.9 Å². The summed E-state index contributed by atoms with van der Waals surface area (Å²) in [5, 5.41) is 5.92. The fraction of sp³-hybridized carbons (Fsp3) is 0.483. The molecule has 1 aliphatic rings. The number of hydrogen-bond acceptors (Lipinski definition) is 3. The number of nitrogens with zero attached hydrogens (tertiary/aromatic N) is 2. The minimum absolute atomic E-state index is 0.0139. The van der Waals surface area contributed by atoms with Crippen LogP contribution in [0.1, 0.15) is 62.9 Å². The van der Waals surface area contributed by atoms with Crippen molar-refractivity contribution in [3.05, 3.63) is 65.7 Å². The van der Waals surface area contributed by atoms with Crippen molar-refractivity contribution in [1.82, 2.24) is 15.1 Å². The summed E-state index contributed by atoms with van der Waals surface area (Å²) in [6.07, 6.45) is 4.02. The van der Waals surface area contributed by atoms with Gasteiger partial charge in [0.25, 0.3) is 5.91 Å². The molecule has 0 aliphatic carbocycles. The van der Waals surface area contributed by atoms with Gasteiger partial charge in [-0.2, -0.15) is 0 Å². The third-order valence-corrected chi connectivity index (χ3v) is 7.03. The number of hydrogen-bond donors (Lipinski definition) is 2. The van der Waals surface area contributed by atoms with Gasteiger partial charge in [-0.3, -0.25) is 9.59 Å². The molecule has 36 heavy (non-hydrogen) atoms. The quantitative estimate of drug-likeness (QED) is 0.520. The Morgan fingerprint density at radius 1 is 1.00 bits per heavy atom. The molecule has 7 nitrogen and oxygen atoms in total. The van der Waals surface area contributed by atoms with Gasteiger partial charge in [0.1, 0.15) is 6.04 Å². The highest BCUT2D eigenvalue weighted by atomic mass is 16.2. The minimum Gasteiger partial charge on any atom is -0.340 e. The summed E-state index contributed by atoms with van der Waals surface area (Å²) < 4.78 is 0. The Balaban J connectivity index is 1.62. The van der Waals surface area contributed by atoms with Crippen molar-refractivity contribution in [3.63, 3.8) is 0 Å². The van der Waals surface area contributed by atoms with Crippen molar-refractivity contribution < 1.29 is 14.4 Å². The third-order valence-electron chi connectivity index (χ3n) is 7.03. The number of piperazine rings is 1. The lowest BCUT2D eigenvalue weighted by molar-refractivity contribution is -0.136. The van der Waals surface area contributed by atoms with Crippen LogP contribution in [-0.4, -0.2) is 59.4 Å².